The van der Waals surface area contributed by atoms with E-state index in [1.807, 2.05) is 19.2 Å². The van der Waals surface area contributed by atoms with Gasteiger partial charge >= 0.3 is 0 Å². The Morgan fingerprint density at radius 2 is 1.97 bits per heavy atom. The molecule has 2 fully saturated rings. The smallest absolute Gasteiger partial charge is 0.255 e. The van der Waals surface area contributed by atoms with Gasteiger partial charge in [-0.1, -0.05) is 25.0 Å². The van der Waals surface area contributed by atoms with Crippen molar-refractivity contribution < 1.29 is 14.4 Å². The van der Waals surface area contributed by atoms with Gasteiger partial charge in [-0.15, -0.1) is 0 Å². The number of rotatable bonds is 5. The van der Waals surface area contributed by atoms with Crippen LogP contribution < -0.4 is 10.6 Å². The van der Waals surface area contributed by atoms with Crippen molar-refractivity contribution in [3.63, 3.8) is 0 Å². The first-order chi connectivity index (χ1) is 14.0. The lowest BCUT2D eigenvalue weighted by atomic mass is 9.89. The zero-order valence-electron chi connectivity index (χ0n) is 17.2. The molecule has 156 valence electrons. The van der Waals surface area contributed by atoms with Gasteiger partial charge in [0.25, 0.3) is 5.91 Å². The summed E-state index contributed by atoms with van der Waals surface area (Å²) in [5.74, 6) is -0.738. The fraction of sp³-hybridized carbons (Fsp3) is 0.591. The number of carbonyl (C=O) groups excluding carboxylic acids is 3. The minimum atomic E-state index is -0.558. The Labute approximate surface area is 171 Å². The molecule has 1 aromatic carbocycles. The number of hydrogen-bond donors (Lipinski definition) is 2. The van der Waals surface area contributed by atoms with Gasteiger partial charge in [-0.2, -0.15) is 0 Å². The van der Waals surface area contributed by atoms with Gasteiger partial charge in [0.15, 0.2) is 0 Å². The van der Waals surface area contributed by atoms with Gasteiger partial charge in [-0.05, 0) is 50.6 Å². The van der Waals surface area contributed by atoms with Gasteiger partial charge in [-0.25, -0.2) is 0 Å². The first-order valence-electron chi connectivity index (χ1n) is 10.6. The summed E-state index contributed by atoms with van der Waals surface area (Å²) in [7, 11) is 4.22. The Kier molecular flexibility index (Phi) is 5.69. The molecule has 4 rings (SSSR count). The van der Waals surface area contributed by atoms with E-state index in [9.17, 15) is 14.4 Å². The number of carbonyl (C=O) groups is 3. The predicted octanol–water partition coefficient (Wildman–Crippen LogP) is 1.41. The number of amides is 3. The van der Waals surface area contributed by atoms with E-state index < -0.39 is 6.04 Å². The molecule has 3 amide bonds. The molecule has 2 heterocycles. The Morgan fingerprint density at radius 3 is 2.72 bits per heavy atom. The van der Waals surface area contributed by atoms with E-state index in [0.717, 1.165) is 12.1 Å². The molecule has 0 bridgehead atoms. The lowest BCUT2D eigenvalue weighted by molar-refractivity contribution is -0.136. The Morgan fingerprint density at radius 1 is 1.17 bits per heavy atom. The second-order valence-corrected chi connectivity index (χ2v) is 8.55. The number of imide groups is 1. The van der Waals surface area contributed by atoms with Gasteiger partial charge in [0, 0.05) is 37.2 Å². The normalized spacial score (nSPS) is 27.3. The minimum absolute atomic E-state index is 0.114. The van der Waals surface area contributed by atoms with Crippen molar-refractivity contribution in [2.45, 2.75) is 69.7 Å². The lowest BCUT2D eigenvalue weighted by Gasteiger charge is -2.38. The highest BCUT2D eigenvalue weighted by atomic mass is 16.2. The maximum absolute atomic E-state index is 12.8. The molecule has 3 atom stereocenters. The van der Waals surface area contributed by atoms with Crippen molar-refractivity contribution in [3.8, 4) is 0 Å². The molecule has 7 heteroatoms. The van der Waals surface area contributed by atoms with E-state index in [0.29, 0.717) is 30.6 Å². The van der Waals surface area contributed by atoms with Crippen LogP contribution in [0.25, 0.3) is 0 Å². The van der Waals surface area contributed by atoms with E-state index in [1.54, 1.807) is 4.90 Å². The van der Waals surface area contributed by atoms with Gasteiger partial charge in [0.2, 0.25) is 11.8 Å². The predicted molar refractivity (Wildman–Crippen MR) is 109 cm³/mol. The molecule has 1 aromatic rings. The largest absolute Gasteiger partial charge is 0.322 e. The number of likely N-dealkylation sites (N-methyl/N-ethyl adjacent to an activating group) is 2. The lowest BCUT2D eigenvalue weighted by Crippen LogP contribution is -2.52. The van der Waals surface area contributed by atoms with Gasteiger partial charge < -0.3 is 10.2 Å². The van der Waals surface area contributed by atoms with Crippen LogP contribution in [0.1, 0.15) is 60.0 Å². The summed E-state index contributed by atoms with van der Waals surface area (Å²) < 4.78 is 0. The van der Waals surface area contributed by atoms with Crippen LogP contribution in [0.4, 0.5) is 0 Å². The van der Waals surface area contributed by atoms with Crippen LogP contribution in [-0.2, 0) is 22.7 Å². The van der Waals surface area contributed by atoms with Crippen molar-refractivity contribution in [2.24, 2.45) is 0 Å². The average molecular weight is 399 g/mol. The summed E-state index contributed by atoms with van der Waals surface area (Å²) in [5, 5.41) is 5.82. The van der Waals surface area contributed by atoms with E-state index in [-0.39, 0.29) is 24.1 Å². The van der Waals surface area contributed by atoms with Crippen molar-refractivity contribution in [2.75, 3.05) is 14.1 Å². The first kappa shape index (κ1) is 20.0. The monoisotopic (exact) mass is 398 g/mol. The molecular formula is C22H30N4O3. The SMILES string of the molecule is CN[C@@H]1CCCC[C@H]1N(C)Cc1ccc2c(c1)CN(C1CCC(=O)NC1=O)C2=O. The number of nitrogens with zero attached hydrogens (tertiary/aromatic N) is 2. The van der Waals surface area contributed by atoms with Gasteiger partial charge in [0.1, 0.15) is 6.04 Å². The highest BCUT2D eigenvalue weighted by Crippen LogP contribution is 2.29. The Balaban J connectivity index is 1.46. The number of hydrogen-bond acceptors (Lipinski definition) is 5. The quantitative estimate of drug-likeness (QED) is 0.733. The molecule has 7 nitrogen and oxygen atoms in total. The van der Waals surface area contributed by atoms with Crippen molar-refractivity contribution >= 4 is 17.7 Å². The van der Waals surface area contributed by atoms with Crippen LogP contribution in [0.5, 0.6) is 0 Å². The van der Waals surface area contributed by atoms with Crippen molar-refractivity contribution in [1.29, 1.82) is 0 Å². The fourth-order valence-electron chi connectivity index (χ4n) is 5.11. The summed E-state index contributed by atoms with van der Waals surface area (Å²) in [5.41, 5.74) is 2.83. The Hall–Kier alpha value is -2.25. The number of piperidine rings is 1. The topological polar surface area (TPSA) is 81.8 Å². The first-order valence-corrected chi connectivity index (χ1v) is 10.6. The maximum Gasteiger partial charge on any atom is 0.255 e. The summed E-state index contributed by atoms with van der Waals surface area (Å²) in [6, 6.07) is 6.50. The molecular weight excluding hydrogens is 368 g/mol. The Bertz CT molecular complexity index is 824. The van der Waals surface area contributed by atoms with Crippen LogP contribution in [0, 0.1) is 0 Å². The summed E-state index contributed by atoms with van der Waals surface area (Å²) in [6.07, 6.45) is 5.65. The van der Waals surface area contributed by atoms with Gasteiger partial charge in [0.05, 0.1) is 0 Å². The van der Waals surface area contributed by atoms with Crippen LogP contribution in [0.3, 0.4) is 0 Å². The molecule has 29 heavy (non-hydrogen) atoms. The van der Waals surface area contributed by atoms with Gasteiger partial charge in [-0.3, -0.25) is 24.6 Å². The third-order valence-electron chi connectivity index (χ3n) is 6.69. The van der Waals surface area contributed by atoms with Crippen LogP contribution in [0.2, 0.25) is 0 Å². The van der Waals surface area contributed by atoms with E-state index in [4.69, 9.17) is 0 Å². The van der Waals surface area contributed by atoms with Crippen LogP contribution in [-0.4, -0.2) is 59.7 Å². The molecule has 1 unspecified atom stereocenters. The molecule has 1 aliphatic carbocycles. The molecule has 1 saturated carbocycles. The number of fused-ring (bicyclic) bond motifs is 1. The zero-order valence-corrected chi connectivity index (χ0v) is 17.2. The zero-order chi connectivity index (χ0) is 20.5. The molecule has 1 saturated heterocycles. The third-order valence-corrected chi connectivity index (χ3v) is 6.69. The molecule has 0 spiro atoms. The second kappa shape index (κ2) is 8.24. The highest BCUT2D eigenvalue weighted by molar-refractivity contribution is 6.05. The second-order valence-electron chi connectivity index (χ2n) is 8.55. The van der Waals surface area contributed by atoms with Crippen molar-refractivity contribution in [1.82, 2.24) is 20.4 Å². The highest BCUT2D eigenvalue weighted by Gasteiger charge is 2.39. The molecule has 0 radical (unpaired) electrons. The molecule has 2 aliphatic heterocycles. The number of benzene rings is 1. The van der Waals surface area contributed by atoms with Crippen LogP contribution >= 0.6 is 0 Å². The standard InChI is InChI=1S/C22H30N4O3/c1-23-17-5-3-4-6-18(17)25(2)12-14-7-8-16-15(11-14)13-26(22(16)29)19-9-10-20(27)24-21(19)28/h7-8,11,17-19,23H,3-6,9-10,12-13H2,1-2H3,(H,24,27,28)/t17-,18-,19?/m1/s1. The maximum atomic E-state index is 12.8. The molecule has 3 aliphatic rings. The third kappa shape index (κ3) is 3.94. The van der Waals surface area contributed by atoms with Crippen LogP contribution in [0.15, 0.2) is 18.2 Å². The van der Waals surface area contributed by atoms with Crippen molar-refractivity contribution in [3.05, 3.63) is 34.9 Å². The average Bonchev–Trinajstić information content (AvgIpc) is 3.03. The summed E-state index contributed by atoms with van der Waals surface area (Å²) in [6.45, 7) is 1.27. The minimum Gasteiger partial charge on any atom is -0.322 e. The molecule has 0 aromatic heterocycles. The number of nitrogens with one attached hydrogen (secondary N) is 2. The summed E-state index contributed by atoms with van der Waals surface area (Å²) in [4.78, 5) is 40.5. The fourth-order valence-corrected chi connectivity index (χ4v) is 5.11. The van der Waals surface area contributed by atoms with E-state index in [2.05, 4.69) is 28.6 Å². The van der Waals surface area contributed by atoms with E-state index in [1.165, 1.54) is 31.2 Å². The van der Waals surface area contributed by atoms with E-state index >= 15 is 0 Å². The summed E-state index contributed by atoms with van der Waals surface area (Å²) >= 11 is 0. The molecule has 2 N–H and O–H groups in total.